The van der Waals surface area contributed by atoms with Crippen molar-refractivity contribution in [1.82, 2.24) is 20.4 Å². The Morgan fingerprint density at radius 2 is 1.58 bits per heavy atom. The minimum absolute atomic E-state index is 0.0207. The summed E-state index contributed by atoms with van der Waals surface area (Å²) in [4.78, 5) is 29.3. The Hall–Kier alpha value is -2.61. The molecule has 2 N–H and O–H groups in total. The second-order valence-electron chi connectivity index (χ2n) is 7.65. The van der Waals surface area contributed by atoms with Crippen molar-refractivity contribution >= 4 is 23.4 Å². The Balaban J connectivity index is 1.59. The molecule has 0 aromatic heterocycles. The third kappa shape index (κ3) is 6.69. The molecule has 1 saturated heterocycles. The highest BCUT2D eigenvalue weighted by molar-refractivity contribution is 6.35. The molecule has 166 valence electrons. The Morgan fingerprint density at radius 3 is 2.19 bits per heavy atom. The van der Waals surface area contributed by atoms with Gasteiger partial charge < -0.3 is 20.3 Å². The molecule has 0 aliphatic carbocycles. The Morgan fingerprint density at radius 1 is 0.968 bits per heavy atom. The van der Waals surface area contributed by atoms with Crippen LogP contribution in [0, 0.1) is 0 Å². The van der Waals surface area contributed by atoms with Crippen LogP contribution in [0.2, 0.25) is 5.02 Å². The van der Waals surface area contributed by atoms with Crippen LogP contribution in [0.5, 0.6) is 5.75 Å². The Kier molecular flexibility index (Phi) is 8.28. The number of carbonyl (C=O) groups is 2. The molecule has 0 unspecified atom stereocenters. The highest BCUT2D eigenvalue weighted by Gasteiger charge is 2.25. The standard InChI is InChI=1S/C23H29ClN4O3/c1-27-11-13-28(14-12-27)21(18-5-9-20(31-2)10-6-18)16-26-23(30)22(29)25-15-17-3-7-19(24)8-4-17/h3-10,21H,11-16H2,1-2H3,(H,25,29)(H,26,30)/t21-/m0/s1. The van der Waals surface area contributed by atoms with E-state index in [2.05, 4.69) is 27.5 Å². The lowest BCUT2D eigenvalue weighted by molar-refractivity contribution is -0.139. The average Bonchev–Trinajstić information content (AvgIpc) is 2.80. The maximum Gasteiger partial charge on any atom is 0.309 e. The fourth-order valence-corrected chi connectivity index (χ4v) is 3.68. The van der Waals surface area contributed by atoms with Gasteiger partial charge in [-0.2, -0.15) is 0 Å². The predicted octanol–water partition coefficient (Wildman–Crippen LogP) is 2.07. The number of halogens is 1. The van der Waals surface area contributed by atoms with E-state index in [1.165, 1.54) is 0 Å². The fourth-order valence-electron chi connectivity index (χ4n) is 3.55. The summed E-state index contributed by atoms with van der Waals surface area (Å²) < 4.78 is 5.26. The first-order chi connectivity index (χ1) is 15.0. The normalized spacial score (nSPS) is 15.8. The Labute approximate surface area is 188 Å². The Bertz CT molecular complexity index is 865. The number of ether oxygens (including phenoxy) is 1. The van der Waals surface area contributed by atoms with Crippen molar-refractivity contribution in [3.63, 3.8) is 0 Å². The lowest BCUT2D eigenvalue weighted by Crippen LogP contribution is -2.49. The van der Waals surface area contributed by atoms with Crippen LogP contribution < -0.4 is 15.4 Å². The van der Waals surface area contributed by atoms with Gasteiger partial charge in [0.1, 0.15) is 5.75 Å². The number of nitrogens with one attached hydrogen (secondary N) is 2. The molecular formula is C23H29ClN4O3. The number of benzene rings is 2. The van der Waals surface area contributed by atoms with E-state index in [0.29, 0.717) is 11.6 Å². The van der Waals surface area contributed by atoms with Crippen LogP contribution >= 0.6 is 11.6 Å². The molecular weight excluding hydrogens is 416 g/mol. The van der Waals surface area contributed by atoms with Crippen LogP contribution in [0.4, 0.5) is 0 Å². The second-order valence-corrected chi connectivity index (χ2v) is 8.08. The molecule has 3 rings (SSSR count). The first-order valence-electron chi connectivity index (χ1n) is 10.3. The molecule has 1 aliphatic heterocycles. The molecule has 2 aromatic rings. The molecule has 2 amide bonds. The summed E-state index contributed by atoms with van der Waals surface area (Å²) in [5.74, 6) is -0.505. The smallest absolute Gasteiger partial charge is 0.309 e. The average molecular weight is 445 g/mol. The van der Waals surface area contributed by atoms with Crippen molar-refractivity contribution in [2.24, 2.45) is 0 Å². The molecule has 0 spiro atoms. The van der Waals surface area contributed by atoms with E-state index in [1.807, 2.05) is 36.4 Å². The summed E-state index contributed by atoms with van der Waals surface area (Å²) in [5, 5.41) is 6.08. The molecule has 0 radical (unpaired) electrons. The largest absolute Gasteiger partial charge is 0.497 e. The minimum Gasteiger partial charge on any atom is -0.497 e. The lowest BCUT2D eigenvalue weighted by Gasteiger charge is -2.38. The van der Waals surface area contributed by atoms with Crippen LogP contribution in [-0.4, -0.2) is 68.5 Å². The van der Waals surface area contributed by atoms with E-state index >= 15 is 0 Å². The van der Waals surface area contributed by atoms with Crippen molar-refractivity contribution in [2.45, 2.75) is 12.6 Å². The van der Waals surface area contributed by atoms with Gasteiger partial charge in [-0.15, -0.1) is 0 Å². The van der Waals surface area contributed by atoms with Gasteiger partial charge in [-0.3, -0.25) is 14.5 Å². The van der Waals surface area contributed by atoms with Crippen LogP contribution in [0.3, 0.4) is 0 Å². The van der Waals surface area contributed by atoms with E-state index in [9.17, 15) is 9.59 Å². The first-order valence-corrected chi connectivity index (χ1v) is 10.7. The van der Waals surface area contributed by atoms with Gasteiger partial charge in [-0.1, -0.05) is 35.9 Å². The summed E-state index contributed by atoms with van der Waals surface area (Å²) in [7, 11) is 3.74. The van der Waals surface area contributed by atoms with Crippen LogP contribution in [-0.2, 0) is 16.1 Å². The maximum atomic E-state index is 12.4. The quantitative estimate of drug-likeness (QED) is 0.639. The number of methoxy groups -OCH3 is 1. The minimum atomic E-state index is -0.651. The fraction of sp³-hybridized carbons (Fsp3) is 0.391. The zero-order valence-electron chi connectivity index (χ0n) is 17.9. The number of hydrogen-bond donors (Lipinski definition) is 2. The number of likely N-dealkylation sites (N-methyl/N-ethyl adjacent to an activating group) is 1. The molecule has 1 aliphatic rings. The number of nitrogens with zero attached hydrogens (tertiary/aromatic N) is 2. The highest BCUT2D eigenvalue weighted by atomic mass is 35.5. The topological polar surface area (TPSA) is 73.9 Å². The highest BCUT2D eigenvalue weighted by Crippen LogP contribution is 2.24. The summed E-state index contributed by atoms with van der Waals surface area (Å²) >= 11 is 5.87. The zero-order chi connectivity index (χ0) is 22.2. The molecule has 1 heterocycles. The summed E-state index contributed by atoms with van der Waals surface area (Å²) in [5.41, 5.74) is 1.95. The van der Waals surface area contributed by atoms with E-state index in [0.717, 1.165) is 43.1 Å². The summed E-state index contributed by atoms with van der Waals surface area (Å²) in [6.07, 6.45) is 0. The zero-order valence-corrected chi connectivity index (χ0v) is 18.7. The van der Waals surface area contributed by atoms with E-state index < -0.39 is 11.8 Å². The molecule has 8 heteroatoms. The van der Waals surface area contributed by atoms with E-state index in [4.69, 9.17) is 16.3 Å². The number of amides is 2. The van der Waals surface area contributed by atoms with E-state index in [1.54, 1.807) is 19.2 Å². The summed E-state index contributed by atoms with van der Waals surface area (Å²) in [6.45, 7) is 4.33. The summed E-state index contributed by atoms with van der Waals surface area (Å²) in [6, 6.07) is 15.0. The first kappa shape index (κ1) is 23.1. The van der Waals surface area contributed by atoms with Crippen molar-refractivity contribution in [3.05, 3.63) is 64.7 Å². The van der Waals surface area contributed by atoms with Crippen LogP contribution in [0.1, 0.15) is 17.2 Å². The van der Waals surface area contributed by atoms with Gasteiger partial charge in [-0.25, -0.2) is 0 Å². The van der Waals surface area contributed by atoms with Crippen molar-refractivity contribution in [2.75, 3.05) is 46.9 Å². The molecule has 1 fully saturated rings. The molecule has 1 atom stereocenters. The lowest BCUT2D eigenvalue weighted by atomic mass is 10.0. The second kappa shape index (κ2) is 11.1. The van der Waals surface area contributed by atoms with Crippen molar-refractivity contribution in [3.8, 4) is 5.75 Å². The van der Waals surface area contributed by atoms with Crippen LogP contribution in [0.25, 0.3) is 0 Å². The van der Waals surface area contributed by atoms with Gasteiger partial charge in [0.15, 0.2) is 0 Å². The number of hydrogen-bond acceptors (Lipinski definition) is 5. The third-order valence-electron chi connectivity index (χ3n) is 5.51. The SMILES string of the molecule is COc1ccc([C@H](CNC(=O)C(=O)NCc2ccc(Cl)cc2)N2CCN(C)CC2)cc1. The molecule has 0 saturated carbocycles. The van der Waals surface area contributed by atoms with E-state index in [-0.39, 0.29) is 12.6 Å². The van der Waals surface area contributed by atoms with Gasteiger partial charge >= 0.3 is 11.8 Å². The van der Waals surface area contributed by atoms with Crippen LogP contribution in [0.15, 0.2) is 48.5 Å². The molecule has 31 heavy (non-hydrogen) atoms. The number of carbonyl (C=O) groups excluding carboxylic acids is 2. The van der Waals surface area contributed by atoms with Gasteiger partial charge in [0.05, 0.1) is 13.2 Å². The van der Waals surface area contributed by atoms with Crippen molar-refractivity contribution in [1.29, 1.82) is 0 Å². The van der Waals surface area contributed by atoms with Crippen molar-refractivity contribution < 1.29 is 14.3 Å². The maximum absolute atomic E-state index is 12.4. The molecule has 2 aromatic carbocycles. The monoisotopic (exact) mass is 444 g/mol. The van der Waals surface area contributed by atoms with Gasteiger partial charge in [-0.05, 0) is 42.4 Å². The number of rotatable bonds is 7. The number of piperazine rings is 1. The third-order valence-corrected chi connectivity index (χ3v) is 5.76. The molecule has 0 bridgehead atoms. The molecule has 7 nitrogen and oxygen atoms in total. The van der Waals surface area contributed by atoms with Gasteiger partial charge in [0, 0.05) is 44.3 Å². The van der Waals surface area contributed by atoms with Gasteiger partial charge in [0.2, 0.25) is 0 Å². The predicted molar refractivity (Wildman–Crippen MR) is 121 cm³/mol. The van der Waals surface area contributed by atoms with Gasteiger partial charge in [0.25, 0.3) is 0 Å².